The van der Waals surface area contributed by atoms with Crippen molar-refractivity contribution in [3.63, 3.8) is 0 Å². The minimum absolute atomic E-state index is 0.0524. The lowest BCUT2D eigenvalue weighted by Gasteiger charge is -2.38. The maximum absolute atomic E-state index is 13.4. The van der Waals surface area contributed by atoms with Gasteiger partial charge in [-0.25, -0.2) is 0 Å². The second kappa shape index (κ2) is 10.6. The van der Waals surface area contributed by atoms with Gasteiger partial charge in [0, 0.05) is 31.6 Å². The average Bonchev–Trinajstić information content (AvgIpc) is 3.27. The van der Waals surface area contributed by atoms with Crippen LogP contribution < -0.4 is 15.4 Å². The number of nitrogens with zero attached hydrogens (tertiary/aromatic N) is 2. The highest BCUT2D eigenvalue weighted by atomic mass is 16.5. The molecule has 0 unspecified atom stereocenters. The molecule has 2 amide bonds. The van der Waals surface area contributed by atoms with E-state index in [1.54, 1.807) is 0 Å². The molecule has 0 saturated carbocycles. The smallest absolute Gasteiger partial charge is 0.255 e. The second-order valence-corrected chi connectivity index (χ2v) is 10.3. The number of ether oxygens (including phenoxy) is 2. The molecular weight excluding hydrogens is 432 g/mol. The number of nitrogens with one attached hydrogen (secondary N) is 2. The van der Waals surface area contributed by atoms with Gasteiger partial charge in [-0.3, -0.25) is 14.5 Å². The number of rotatable bonds is 1. The number of carbonyl (C=O) groups is 2. The number of hydrogen-bond acceptors (Lipinski definition) is 6. The van der Waals surface area contributed by atoms with Crippen LogP contribution in [-0.4, -0.2) is 91.8 Å². The summed E-state index contributed by atoms with van der Waals surface area (Å²) in [5.41, 5.74) is 0.552. The van der Waals surface area contributed by atoms with Gasteiger partial charge in [0.05, 0.1) is 30.4 Å². The summed E-state index contributed by atoms with van der Waals surface area (Å²) < 4.78 is 12.3. The molecule has 1 aromatic carbocycles. The summed E-state index contributed by atoms with van der Waals surface area (Å²) in [6, 6.07) is 7.51. The van der Waals surface area contributed by atoms with Crippen molar-refractivity contribution >= 4 is 11.8 Å². The van der Waals surface area contributed by atoms with Gasteiger partial charge in [0.25, 0.3) is 5.91 Å². The van der Waals surface area contributed by atoms with Crippen molar-refractivity contribution in [2.45, 2.75) is 75.3 Å². The van der Waals surface area contributed by atoms with E-state index < -0.39 is 0 Å². The summed E-state index contributed by atoms with van der Waals surface area (Å²) >= 11 is 0. The molecule has 4 atom stereocenters. The van der Waals surface area contributed by atoms with Crippen molar-refractivity contribution in [1.29, 1.82) is 0 Å². The fraction of sp³-hybridized carbons (Fsp3) is 0.692. The van der Waals surface area contributed by atoms with E-state index in [0.29, 0.717) is 43.5 Å². The first-order valence-electron chi connectivity index (χ1n) is 13.0. The molecule has 3 fully saturated rings. The number of para-hydroxylation sites is 1. The van der Waals surface area contributed by atoms with E-state index in [9.17, 15) is 9.59 Å². The van der Waals surface area contributed by atoms with E-state index in [-0.39, 0.29) is 36.1 Å². The first kappa shape index (κ1) is 23.6. The van der Waals surface area contributed by atoms with Crippen LogP contribution in [0, 0.1) is 0 Å². The molecule has 0 radical (unpaired) electrons. The molecular formula is C26H38N4O4. The van der Waals surface area contributed by atoms with Gasteiger partial charge in [-0.2, -0.15) is 0 Å². The second-order valence-electron chi connectivity index (χ2n) is 10.3. The maximum atomic E-state index is 13.4. The normalized spacial score (nSPS) is 32.4. The zero-order valence-corrected chi connectivity index (χ0v) is 20.2. The maximum Gasteiger partial charge on any atom is 0.255 e. The van der Waals surface area contributed by atoms with E-state index in [0.717, 1.165) is 51.6 Å². The van der Waals surface area contributed by atoms with Gasteiger partial charge >= 0.3 is 0 Å². The molecule has 1 aromatic rings. The standard InChI is InChI=1S/C26H38N4O4/c1-29-12-9-19(10-13-29)30-17-18-15-23(30)26(32)27-16-21-6-4-5-20(34-21)11-14-33-24-8-3-2-7-22(24)25(31)28-18/h2-3,7-8,18-21,23H,4-6,9-17H2,1H3,(H,27,32)(H,28,31)/t18-,20-,21-,23-/m0/s1. The van der Waals surface area contributed by atoms with Crippen molar-refractivity contribution in [2.24, 2.45) is 0 Å². The number of fused-ring (bicyclic) bond motifs is 5. The number of benzene rings is 1. The summed E-state index contributed by atoms with van der Waals surface area (Å²) in [5, 5.41) is 6.40. The number of amides is 2. The predicted octanol–water partition coefficient (Wildman–Crippen LogP) is 1.79. The highest BCUT2D eigenvalue weighted by Gasteiger charge is 2.42. The summed E-state index contributed by atoms with van der Waals surface area (Å²) in [6.45, 7) is 3.82. The van der Waals surface area contributed by atoms with Crippen LogP contribution in [0.15, 0.2) is 24.3 Å². The molecule has 3 saturated heterocycles. The van der Waals surface area contributed by atoms with Crippen molar-refractivity contribution in [3.8, 4) is 5.75 Å². The largest absolute Gasteiger partial charge is 0.493 e. The zero-order chi connectivity index (χ0) is 23.5. The lowest BCUT2D eigenvalue weighted by Crippen LogP contribution is -2.52. The van der Waals surface area contributed by atoms with Gasteiger partial charge < -0.3 is 25.0 Å². The lowest BCUT2D eigenvalue weighted by atomic mass is 10.0. The quantitative estimate of drug-likeness (QED) is 0.651. The summed E-state index contributed by atoms with van der Waals surface area (Å²) in [7, 11) is 2.15. The third kappa shape index (κ3) is 5.39. The Morgan fingerprint density at radius 2 is 1.79 bits per heavy atom. The molecule has 4 aliphatic rings. The molecule has 34 heavy (non-hydrogen) atoms. The molecule has 186 valence electrons. The summed E-state index contributed by atoms with van der Waals surface area (Å²) in [4.78, 5) is 31.3. The van der Waals surface area contributed by atoms with Crippen molar-refractivity contribution in [1.82, 2.24) is 20.4 Å². The highest BCUT2D eigenvalue weighted by molar-refractivity contribution is 5.97. The Labute approximate surface area is 202 Å². The Balaban J connectivity index is 1.37. The van der Waals surface area contributed by atoms with Crippen molar-refractivity contribution in [2.75, 3.05) is 39.8 Å². The Morgan fingerprint density at radius 1 is 1.00 bits per heavy atom. The Hall–Kier alpha value is -2.16. The highest BCUT2D eigenvalue weighted by Crippen LogP contribution is 2.28. The van der Waals surface area contributed by atoms with Gasteiger partial charge in [0.1, 0.15) is 5.75 Å². The molecule has 4 aliphatic heterocycles. The van der Waals surface area contributed by atoms with Crippen LogP contribution in [0.1, 0.15) is 55.3 Å². The molecule has 0 aromatic heterocycles. The number of likely N-dealkylation sites (tertiary alicyclic amines) is 2. The molecule has 8 heteroatoms. The zero-order valence-electron chi connectivity index (χ0n) is 20.2. The van der Waals surface area contributed by atoms with Crippen LogP contribution in [0.25, 0.3) is 0 Å². The molecule has 8 nitrogen and oxygen atoms in total. The Morgan fingerprint density at radius 3 is 2.65 bits per heavy atom. The van der Waals surface area contributed by atoms with Crippen LogP contribution in [0.4, 0.5) is 0 Å². The number of hydrogen-bond donors (Lipinski definition) is 2. The Kier molecular flexibility index (Phi) is 7.37. The SMILES string of the molecule is CN1CCC(N2C[C@@H]3C[C@H]2C(=O)NC[C@@H]2CCC[C@@H](CCOc4ccccc4C(=O)N3)O2)CC1. The molecule has 5 rings (SSSR count). The van der Waals surface area contributed by atoms with Crippen LogP contribution >= 0.6 is 0 Å². The van der Waals surface area contributed by atoms with Crippen LogP contribution in [0.5, 0.6) is 5.75 Å². The van der Waals surface area contributed by atoms with Gasteiger partial charge in [-0.15, -0.1) is 0 Å². The number of carbonyl (C=O) groups excluding carboxylic acids is 2. The van der Waals surface area contributed by atoms with E-state index in [2.05, 4.69) is 27.5 Å². The fourth-order valence-corrected chi connectivity index (χ4v) is 5.97. The van der Waals surface area contributed by atoms with Gasteiger partial charge in [-0.1, -0.05) is 12.1 Å². The van der Waals surface area contributed by atoms with Gasteiger partial charge in [0.15, 0.2) is 0 Å². The third-order valence-electron chi connectivity index (χ3n) is 7.90. The molecule has 0 spiro atoms. The predicted molar refractivity (Wildman–Crippen MR) is 129 cm³/mol. The first-order valence-corrected chi connectivity index (χ1v) is 13.0. The Bertz CT molecular complexity index is 872. The molecule has 4 bridgehead atoms. The fourth-order valence-electron chi connectivity index (χ4n) is 5.97. The van der Waals surface area contributed by atoms with Crippen LogP contribution in [0.3, 0.4) is 0 Å². The molecule has 0 aliphatic carbocycles. The number of piperidine rings is 1. The topological polar surface area (TPSA) is 83.1 Å². The van der Waals surface area contributed by atoms with Crippen molar-refractivity contribution < 1.29 is 19.1 Å². The van der Waals surface area contributed by atoms with E-state index in [4.69, 9.17) is 9.47 Å². The van der Waals surface area contributed by atoms with Gasteiger partial charge in [0.2, 0.25) is 5.91 Å². The lowest BCUT2D eigenvalue weighted by molar-refractivity contribution is -0.128. The van der Waals surface area contributed by atoms with Crippen molar-refractivity contribution in [3.05, 3.63) is 29.8 Å². The monoisotopic (exact) mass is 470 g/mol. The summed E-state index contributed by atoms with van der Waals surface area (Å²) in [5.74, 6) is 0.544. The van der Waals surface area contributed by atoms with Crippen LogP contribution in [-0.2, 0) is 9.53 Å². The van der Waals surface area contributed by atoms with Gasteiger partial charge in [-0.05, 0) is 70.8 Å². The van der Waals surface area contributed by atoms with E-state index >= 15 is 0 Å². The summed E-state index contributed by atoms with van der Waals surface area (Å²) in [6.07, 6.45) is 6.74. The molecule has 4 heterocycles. The van der Waals surface area contributed by atoms with E-state index in [1.807, 2.05) is 24.3 Å². The third-order valence-corrected chi connectivity index (χ3v) is 7.90. The minimum Gasteiger partial charge on any atom is -0.493 e. The van der Waals surface area contributed by atoms with E-state index in [1.165, 1.54) is 0 Å². The van der Waals surface area contributed by atoms with Crippen LogP contribution in [0.2, 0.25) is 0 Å². The minimum atomic E-state index is -0.225. The average molecular weight is 471 g/mol. The molecule has 2 N–H and O–H groups in total. The first-order chi connectivity index (χ1) is 16.6.